The molecule has 2 amide bonds. The van der Waals surface area contributed by atoms with Crippen LogP contribution < -0.4 is 9.64 Å². The summed E-state index contributed by atoms with van der Waals surface area (Å²) in [6, 6.07) is 15.3. The van der Waals surface area contributed by atoms with Crippen LogP contribution >= 0.6 is 0 Å². The SMILES string of the molecule is C=CCN(Cc1ccc(C)cc1)C(=O)C1(C)Oc2ccccc2N(CC)C1=O. The number of carbonyl (C=O) groups is 2. The van der Waals surface area contributed by atoms with Crippen molar-refractivity contribution in [2.45, 2.75) is 32.9 Å². The van der Waals surface area contributed by atoms with Crippen molar-refractivity contribution >= 4 is 17.5 Å². The van der Waals surface area contributed by atoms with E-state index in [1.807, 2.05) is 56.3 Å². The van der Waals surface area contributed by atoms with Gasteiger partial charge in [0.2, 0.25) is 0 Å². The molecule has 3 rings (SSSR count). The zero-order valence-corrected chi connectivity index (χ0v) is 16.6. The molecule has 146 valence electrons. The summed E-state index contributed by atoms with van der Waals surface area (Å²) in [4.78, 5) is 29.9. The lowest BCUT2D eigenvalue weighted by Crippen LogP contribution is -2.62. The minimum atomic E-state index is -1.61. The summed E-state index contributed by atoms with van der Waals surface area (Å²) in [6.07, 6.45) is 1.66. The van der Waals surface area contributed by atoms with Crippen LogP contribution in [0.5, 0.6) is 5.75 Å². The number of hydrogen-bond acceptors (Lipinski definition) is 3. The number of benzene rings is 2. The van der Waals surface area contributed by atoms with E-state index in [0.29, 0.717) is 31.1 Å². The number of rotatable bonds is 6. The van der Waals surface area contributed by atoms with Crippen molar-refractivity contribution in [2.75, 3.05) is 18.0 Å². The van der Waals surface area contributed by atoms with Gasteiger partial charge >= 0.3 is 0 Å². The van der Waals surface area contributed by atoms with Gasteiger partial charge in [-0.15, -0.1) is 6.58 Å². The Hall–Kier alpha value is -3.08. The molecule has 5 nitrogen and oxygen atoms in total. The molecule has 2 aromatic rings. The fraction of sp³-hybridized carbons (Fsp3) is 0.304. The van der Waals surface area contributed by atoms with Gasteiger partial charge in [0.15, 0.2) is 0 Å². The molecule has 1 atom stereocenters. The summed E-state index contributed by atoms with van der Waals surface area (Å²) in [5.41, 5.74) is 1.21. The molecule has 0 N–H and O–H groups in total. The first kappa shape index (κ1) is 19.7. The van der Waals surface area contributed by atoms with E-state index in [-0.39, 0.29) is 11.8 Å². The lowest BCUT2D eigenvalue weighted by Gasteiger charge is -2.41. The molecule has 0 fully saturated rings. The molecular formula is C23H26N2O3. The monoisotopic (exact) mass is 378 g/mol. The van der Waals surface area contributed by atoms with Crippen LogP contribution in [0.15, 0.2) is 61.2 Å². The van der Waals surface area contributed by atoms with Gasteiger partial charge in [-0.3, -0.25) is 9.59 Å². The van der Waals surface area contributed by atoms with Gasteiger partial charge in [-0.1, -0.05) is 48.0 Å². The van der Waals surface area contributed by atoms with Gasteiger partial charge in [0.05, 0.1) is 5.69 Å². The average Bonchev–Trinajstić information content (AvgIpc) is 2.70. The highest BCUT2D eigenvalue weighted by atomic mass is 16.5. The van der Waals surface area contributed by atoms with E-state index in [9.17, 15) is 9.59 Å². The molecule has 0 saturated heterocycles. The van der Waals surface area contributed by atoms with Crippen LogP contribution in [0.1, 0.15) is 25.0 Å². The maximum absolute atomic E-state index is 13.5. The lowest BCUT2D eigenvalue weighted by molar-refractivity contribution is -0.156. The Morgan fingerprint density at radius 3 is 2.54 bits per heavy atom. The van der Waals surface area contributed by atoms with Crippen LogP contribution in [0.3, 0.4) is 0 Å². The predicted octanol–water partition coefficient (Wildman–Crippen LogP) is 3.71. The first-order chi connectivity index (χ1) is 13.4. The summed E-state index contributed by atoms with van der Waals surface area (Å²) >= 11 is 0. The van der Waals surface area contributed by atoms with Gasteiger partial charge in [-0.05, 0) is 38.5 Å². The third-order valence-electron chi connectivity index (χ3n) is 4.98. The molecule has 2 aromatic carbocycles. The summed E-state index contributed by atoms with van der Waals surface area (Å²) < 4.78 is 5.99. The Morgan fingerprint density at radius 1 is 1.21 bits per heavy atom. The molecule has 28 heavy (non-hydrogen) atoms. The van der Waals surface area contributed by atoms with Crippen molar-refractivity contribution in [3.05, 3.63) is 72.3 Å². The van der Waals surface area contributed by atoms with Crippen LogP contribution in [0.25, 0.3) is 0 Å². The number of para-hydroxylation sites is 2. The number of anilines is 1. The van der Waals surface area contributed by atoms with E-state index >= 15 is 0 Å². The molecule has 1 aliphatic rings. The van der Waals surface area contributed by atoms with E-state index in [1.54, 1.807) is 28.9 Å². The second kappa shape index (κ2) is 7.89. The van der Waals surface area contributed by atoms with Crippen molar-refractivity contribution in [1.29, 1.82) is 0 Å². The molecule has 5 heteroatoms. The lowest BCUT2D eigenvalue weighted by atomic mass is 9.98. The van der Waals surface area contributed by atoms with Gasteiger partial charge in [0, 0.05) is 19.6 Å². The first-order valence-electron chi connectivity index (χ1n) is 9.46. The van der Waals surface area contributed by atoms with Crippen molar-refractivity contribution in [1.82, 2.24) is 4.90 Å². The molecule has 0 saturated carbocycles. The number of carbonyl (C=O) groups excluding carboxylic acids is 2. The first-order valence-corrected chi connectivity index (χ1v) is 9.46. The topological polar surface area (TPSA) is 49.9 Å². The normalized spacial score (nSPS) is 18.2. The number of amides is 2. The van der Waals surface area contributed by atoms with E-state index in [4.69, 9.17) is 4.74 Å². The summed E-state index contributed by atoms with van der Waals surface area (Å²) in [6.45, 7) is 10.4. The van der Waals surface area contributed by atoms with Crippen molar-refractivity contribution < 1.29 is 14.3 Å². The van der Waals surface area contributed by atoms with Crippen LogP contribution in [-0.4, -0.2) is 35.4 Å². The number of nitrogens with zero attached hydrogens (tertiary/aromatic N) is 2. The number of aryl methyl sites for hydroxylation is 1. The summed E-state index contributed by atoms with van der Waals surface area (Å²) in [7, 11) is 0. The fourth-order valence-electron chi connectivity index (χ4n) is 3.44. The highest BCUT2D eigenvalue weighted by molar-refractivity contribution is 6.16. The molecule has 0 bridgehead atoms. The maximum Gasteiger partial charge on any atom is 0.280 e. The largest absolute Gasteiger partial charge is 0.465 e. The number of ether oxygens (including phenoxy) is 1. The smallest absolute Gasteiger partial charge is 0.280 e. The van der Waals surface area contributed by atoms with E-state index < -0.39 is 5.60 Å². The van der Waals surface area contributed by atoms with Gasteiger partial charge in [-0.25, -0.2) is 0 Å². The Labute approximate surface area is 166 Å². The van der Waals surface area contributed by atoms with Crippen LogP contribution in [0, 0.1) is 6.92 Å². The Morgan fingerprint density at radius 2 is 1.89 bits per heavy atom. The zero-order valence-electron chi connectivity index (χ0n) is 16.6. The molecule has 0 aliphatic carbocycles. The second-order valence-corrected chi connectivity index (χ2v) is 7.11. The van der Waals surface area contributed by atoms with Crippen molar-refractivity contribution in [3.8, 4) is 5.75 Å². The Balaban J connectivity index is 1.94. The Bertz CT molecular complexity index is 891. The minimum absolute atomic E-state index is 0.326. The fourth-order valence-corrected chi connectivity index (χ4v) is 3.44. The quantitative estimate of drug-likeness (QED) is 0.569. The van der Waals surface area contributed by atoms with E-state index in [1.165, 1.54) is 0 Å². The van der Waals surface area contributed by atoms with Gasteiger partial charge in [-0.2, -0.15) is 0 Å². The molecule has 0 aromatic heterocycles. The maximum atomic E-state index is 13.5. The molecule has 0 radical (unpaired) electrons. The summed E-state index contributed by atoms with van der Waals surface area (Å²) in [5.74, 6) is -0.184. The third kappa shape index (κ3) is 3.52. The van der Waals surface area contributed by atoms with Crippen LogP contribution in [0.2, 0.25) is 0 Å². The highest BCUT2D eigenvalue weighted by Crippen LogP contribution is 2.38. The minimum Gasteiger partial charge on any atom is -0.465 e. The third-order valence-corrected chi connectivity index (χ3v) is 4.98. The van der Waals surface area contributed by atoms with Crippen LogP contribution in [0.4, 0.5) is 5.69 Å². The van der Waals surface area contributed by atoms with Crippen molar-refractivity contribution in [2.24, 2.45) is 0 Å². The van der Waals surface area contributed by atoms with Gasteiger partial charge in [0.1, 0.15) is 5.75 Å². The Kier molecular flexibility index (Phi) is 5.54. The predicted molar refractivity (Wildman–Crippen MR) is 110 cm³/mol. The molecule has 0 spiro atoms. The molecule has 1 heterocycles. The standard InChI is InChI=1S/C23H26N2O3/c1-5-15-24(16-18-13-11-17(3)12-14-18)21(26)23(4)22(27)25(6-2)19-9-7-8-10-20(19)28-23/h5,7-14H,1,6,15-16H2,2-4H3. The van der Waals surface area contributed by atoms with Crippen molar-refractivity contribution in [3.63, 3.8) is 0 Å². The molecule has 1 aliphatic heterocycles. The van der Waals surface area contributed by atoms with Crippen LogP contribution in [-0.2, 0) is 16.1 Å². The zero-order chi connectivity index (χ0) is 20.3. The second-order valence-electron chi connectivity index (χ2n) is 7.11. The molecule has 1 unspecified atom stereocenters. The van der Waals surface area contributed by atoms with Gasteiger partial charge in [0.25, 0.3) is 17.4 Å². The number of fused-ring (bicyclic) bond motifs is 1. The number of likely N-dealkylation sites (N-methyl/N-ethyl adjacent to an activating group) is 1. The van der Waals surface area contributed by atoms with Gasteiger partial charge < -0.3 is 14.5 Å². The van der Waals surface area contributed by atoms with E-state index in [0.717, 1.165) is 11.1 Å². The molecular weight excluding hydrogens is 352 g/mol. The highest BCUT2D eigenvalue weighted by Gasteiger charge is 2.51. The summed E-state index contributed by atoms with van der Waals surface area (Å²) in [5, 5.41) is 0. The average molecular weight is 378 g/mol. The van der Waals surface area contributed by atoms with E-state index in [2.05, 4.69) is 6.58 Å². The number of hydrogen-bond donors (Lipinski definition) is 0.